The lowest BCUT2D eigenvalue weighted by Gasteiger charge is -2.72. The van der Waals surface area contributed by atoms with Crippen molar-refractivity contribution in [2.24, 2.45) is 62.1 Å². The van der Waals surface area contributed by atoms with Crippen LogP contribution in [0.1, 0.15) is 152 Å². The highest BCUT2D eigenvalue weighted by Gasteiger charge is 2.70. The van der Waals surface area contributed by atoms with Gasteiger partial charge in [0.15, 0.2) is 5.78 Å². The first-order chi connectivity index (χ1) is 24.3. The molecule has 0 heterocycles. The summed E-state index contributed by atoms with van der Waals surface area (Å²) >= 11 is 0. The quantitative estimate of drug-likeness (QED) is 0.183. The number of nitrogens with one attached hydrogen (secondary N) is 1. The van der Waals surface area contributed by atoms with Crippen molar-refractivity contribution >= 4 is 17.7 Å². The fourth-order valence-electron chi connectivity index (χ4n) is 13.9. The Morgan fingerprint density at radius 2 is 1.63 bits per heavy atom. The Balaban J connectivity index is 1.25. The Morgan fingerprint density at radius 1 is 0.923 bits per heavy atom. The summed E-state index contributed by atoms with van der Waals surface area (Å²) in [6.07, 6.45) is 14.5. The maximum atomic E-state index is 14.2. The molecule has 7 nitrogen and oxygen atoms in total. The van der Waals surface area contributed by atoms with Gasteiger partial charge >= 0.3 is 11.9 Å². The predicted molar refractivity (Wildman–Crippen MR) is 208 cm³/mol. The molecule has 0 aromatic heterocycles. The molecular formula is C45H74N2O5. The number of Topliss-reactive ketones (excluding diaryl/α,β-unsaturated/α-hetero) is 1. The second-order valence-electron chi connectivity index (χ2n) is 21.1. The van der Waals surface area contributed by atoms with Gasteiger partial charge in [0, 0.05) is 36.9 Å². The maximum absolute atomic E-state index is 14.2. The molecule has 0 aromatic rings. The topological polar surface area (TPSA) is 95.9 Å². The van der Waals surface area contributed by atoms with E-state index in [0.29, 0.717) is 23.5 Å². The van der Waals surface area contributed by atoms with Crippen molar-refractivity contribution < 1.29 is 24.2 Å². The van der Waals surface area contributed by atoms with E-state index in [1.54, 1.807) is 19.4 Å². The zero-order chi connectivity index (χ0) is 38.1. The largest absolute Gasteiger partial charge is 0.481 e. The van der Waals surface area contributed by atoms with Crippen molar-refractivity contribution in [3.05, 3.63) is 11.1 Å². The molecule has 1 unspecified atom stereocenters. The summed E-state index contributed by atoms with van der Waals surface area (Å²) < 4.78 is 6.20. The van der Waals surface area contributed by atoms with E-state index < -0.39 is 11.4 Å². The molecule has 0 aliphatic heterocycles. The predicted octanol–water partition coefficient (Wildman–Crippen LogP) is 9.09. The molecule has 5 fully saturated rings. The van der Waals surface area contributed by atoms with Gasteiger partial charge in [0.05, 0.1) is 11.8 Å². The van der Waals surface area contributed by atoms with Crippen LogP contribution in [0.15, 0.2) is 11.1 Å². The average Bonchev–Trinajstić information content (AvgIpc) is 3.33. The molecule has 0 radical (unpaired) electrons. The summed E-state index contributed by atoms with van der Waals surface area (Å²) in [7, 11) is 2.06. The molecule has 6 rings (SSSR count). The van der Waals surface area contributed by atoms with E-state index in [4.69, 9.17) is 4.74 Å². The number of ether oxygens (including phenoxy) is 1. The first-order valence-electron chi connectivity index (χ1n) is 21.3. The first-order valence-corrected chi connectivity index (χ1v) is 21.3. The van der Waals surface area contributed by atoms with E-state index in [1.807, 2.05) is 0 Å². The number of fused-ring (bicyclic) bond motifs is 7. The lowest BCUT2D eigenvalue weighted by Crippen LogP contribution is -2.65. The van der Waals surface area contributed by atoms with Crippen molar-refractivity contribution in [1.29, 1.82) is 0 Å². The normalized spacial score (nSPS) is 38.7. The molecular weight excluding hydrogens is 649 g/mol. The van der Waals surface area contributed by atoms with E-state index in [0.717, 1.165) is 64.1 Å². The molecule has 0 amide bonds. The number of carbonyl (C=O) groups is 3. The van der Waals surface area contributed by atoms with Crippen LogP contribution in [0.25, 0.3) is 0 Å². The number of allylic oxidation sites excluding steroid dienone is 2. The molecule has 0 bridgehead atoms. The summed E-state index contributed by atoms with van der Waals surface area (Å²) in [5.74, 6) is 1.67. The monoisotopic (exact) mass is 723 g/mol. The highest BCUT2D eigenvalue weighted by Crippen LogP contribution is 2.77. The fourth-order valence-corrected chi connectivity index (χ4v) is 13.9. The van der Waals surface area contributed by atoms with Gasteiger partial charge in [0.2, 0.25) is 0 Å². The SMILES string of the molecule is CNCCN(CC[C@@]12CC[C@]3(C)[C@H](CCC4[C@@]5(C)CC[C@H](OC(=O)CC(C)(C)C(=O)O)C(C)(C)[C@H]5CC[C@]43C)C1=C(C(C)C)C(=O)C2)CC1CCC1. The van der Waals surface area contributed by atoms with Gasteiger partial charge in [-0.05, 0) is 149 Å². The van der Waals surface area contributed by atoms with Crippen molar-refractivity contribution in [2.45, 2.75) is 158 Å². The number of carboxylic acid groups (broad SMARTS) is 1. The highest BCUT2D eigenvalue weighted by atomic mass is 16.5. The number of nitrogens with zero attached hydrogens (tertiary/aromatic N) is 1. The minimum absolute atomic E-state index is 0.0157. The van der Waals surface area contributed by atoms with Crippen LogP contribution in [0.4, 0.5) is 0 Å². The van der Waals surface area contributed by atoms with E-state index in [-0.39, 0.29) is 51.5 Å². The van der Waals surface area contributed by atoms with Gasteiger partial charge in [-0.15, -0.1) is 0 Å². The number of hydrogen-bond acceptors (Lipinski definition) is 6. The van der Waals surface area contributed by atoms with Gasteiger partial charge in [-0.3, -0.25) is 14.4 Å². The average molecular weight is 723 g/mol. The standard InChI is InChI=1S/C45H74N2O5/c1-29(2)37-32(48)26-45(22-24-47(25-23-46-10)28-30-12-11-13-30)21-20-43(8)31(38(37)45)14-15-34-42(7)18-17-35(52-36(49)27-40(3,4)39(50)51)41(5,6)33(42)16-19-44(34,43)9/h29-31,33-35,46H,11-28H2,1-10H3,(H,50,51)/t31-,33-,34?,35+,42+,43-,44-,45-/m1/s1. The van der Waals surface area contributed by atoms with Crippen LogP contribution < -0.4 is 5.32 Å². The minimum Gasteiger partial charge on any atom is -0.481 e. The molecule has 52 heavy (non-hydrogen) atoms. The van der Waals surface area contributed by atoms with E-state index >= 15 is 0 Å². The summed E-state index contributed by atoms with van der Waals surface area (Å²) in [6, 6.07) is 0. The van der Waals surface area contributed by atoms with Gasteiger partial charge in [-0.25, -0.2) is 0 Å². The Morgan fingerprint density at radius 3 is 2.25 bits per heavy atom. The van der Waals surface area contributed by atoms with Crippen LogP contribution >= 0.6 is 0 Å². The molecule has 8 atom stereocenters. The molecule has 6 aliphatic carbocycles. The molecule has 0 spiro atoms. The van der Waals surface area contributed by atoms with Gasteiger partial charge in [-0.1, -0.05) is 60.5 Å². The molecule has 0 aromatic carbocycles. The summed E-state index contributed by atoms with van der Waals surface area (Å²) in [6.45, 7) is 24.6. The van der Waals surface area contributed by atoms with Crippen LogP contribution in [0, 0.1) is 62.1 Å². The van der Waals surface area contributed by atoms with Crippen molar-refractivity contribution in [3.8, 4) is 0 Å². The first kappa shape index (κ1) is 39.9. The molecule has 5 saturated carbocycles. The smallest absolute Gasteiger partial charge is 0.309 e. The number of hydrogen-bond donors (Lipinski definition) is 2. The summed E-state index contributed by atoms with van der Waals surface area (Å²) in [5.41, 5.74) is 1.93. The molecule has 294 valence electrons. The third-order valence-electron chi connectivity index (χ3n) is 17.3. The Kier molecular flexibility index (Phi) is 10.8. The minimum atomic E-state index is -1.14. The number of esters is 1. The zero-order valence-electron chi connectivity index (χ0n) is 34.7. The Labute approximate surface area is 316 Å². The number of carbonyl (C=O) groups excluding carboxylic acids is 2. The van der Waals surface area contributed by atoms with Crippen LogP contribution in [0.3, 0.4) is 0 Å². The lowest BCUT2D eigenvalue weighted by molar-refractivity contribution is -0.233. The third-order valence-corrected chi connectivity index (χ3v) is 17.3. The zero-order valence-corrected chi connectivity index (χ0v) is 34.7. The van der Waals surface area contributed by atoms with Crippen LogP contribution in [-0.4, -0.2) is 67.1 Å². The van der Waals surface area contributed by atoms with Crippen LogP contribution in [0.5, 0.6) is 0 Å². The van der Waals surface area contributed by atoms with Crippen LogP contribution in [-0.2, 0) is 19.1 Å². The summed E-state index contributed by atoms with van der Waals surface area (Å²) in [4.78, 5) is 41.8. The van der Waals surface area contributed by atoms with E-state index in [9.17, 15) is 19.5 Å². The highest BCUT2D eigenvalue weighted by molar-refractivity contribution is 6.00. The van der Waals surface area contributed by atoms with Crippen molar-refractivity contribution in [2.75, 3.05) is 33.2 Å². The van der Waals surface area contributed by atoms with Crippen molar-refractivity contribution in [3.63, 3.8) is 0 Å². The van der Waals surface area contributed by atoms with Gasteiger partial charge < -0.3 is 20.1 Å². The summed E-state index contributed by atoms with van der Waals surface area (Å²) in [5, 5.41) is 13.0. The van der Waals surface area contributed by atoms with E-state index in [2.05, 4.69) is 65.7 Å². The number of ketones is 1. The third kappa shape index (κ3) is 6.45. The Hall–Kier alpha value is -1.73. The maximum Gasteiger partial charge on any atom is 0.309 e. The van der Waals surface area contributed by atoms with Crippen LogP contribution in [0.2, 0.25) is 0 Å². The van der Waals surface area contributed by atoms with Crippen molar-refractivity contribution in [1.82, 2.24) is 10.2 Å². The van der Waals surface area contributed by atoms with Gasteiger partial charge in [0.1, 0.15) is 6.10 Å². The number of rotatable bonds is 13. The molecule has 7 heteroatoms. The molecule has 0 saturated heterocycles. The number of carboxylic acids is 1. The number of likely N-dealkylation sites (N-methyl/N-ethyl adjacent to an activating group) is 1. The molecule has 6 aliphatic rings. The van der Waals surface area contributed by atoms with E-state index in [1.165, 1.54) is 57.1 Å². The number of aliphatic carboxylic acids is 1. The van der Waals surface area contributed by atoms with Gasteiger partial charge in [0.25, 0.3) is 0 Å². The Bertz CT molecular complexity index is 1430. The lowest BCUT2D eigenvalue weighted by atomic mass is 9.33. The second-order valence-corrected chi connectivity index (χ2v) is 21.1. The molecule has 2 N–H and O–H groups in total. The second kappa shape index (κ2) is 14.1. The fraction of sp³-hybridized carbons (Fsp3) is 0.889. The van der Waals surface area contributed by atoms with Gasteiger partial charge in [-0.2, -0.15) is 0 Å².